The van der Waals surface area contributed by atoms with Crippen LogP contribution in [0.1, 0.15) is 5.56 Å². The zero-order valence-electron chi connectivity index (χ0n) is 14.2. The number of aliphatic carboxylic acids is 1. The normalized spacial score (nSPS) is 19.9. The SMILES string of the molecule is O=C(O)CN1C(=O)/C(=C2\SC(=Nc3ccc(F)cc3)NC2=O)c2ccccc21. The molecule has 2 aliphatic heterocycles. The molecule has 0 saturated carbocycles. The maximum absolute atomic E-state index is 13.0. The van der Waals surface area contributed by atoms with Crippen LogP contribution in [0.3, 0.4) is 0 Å². The van der Waals surface area contributed by atoms with Gasteiger partial charge in [-0.05, 0) is 42.1 Å². The highest BCUT2D eigenvalue weighted by atomic mass is 32.2. The third kappa shape index (κ3) is 3.16. The van der Waals surface area contributed by atoms with Crippen molar-refractivity contribution in [1.82, 2.24) is 5.32 Å². The van der Waals surface area contributed by atoms with E-state index in [9.17, 15) is 18.8 Å². The van der Waals surface area contributed by atoms with Crippen molar-refractivity contribution in [2.45, 2.75) is 0 Å². The molecule has 2 aromatic rings. The lowest BCUT2D eigenvalue weighted by atomic mass is 10.1. The van der Waals surface area contributed by atoms with Gasteiger partial charge in [0.15, 0.2) is 5.17 Å². The number of amides is 2. The minimum Gasteiger partial charge on any atom is -0.480 e. The molecule has 28 heavy (non-hydrogen) atoms. The monoisotopic (exact) mass is 397 g/mol. The Morgan fingerprint density at radius 1 is 1.14 bits per heavy atom. The van der Waals surface area contributed by atoms with Crippen LogP contribution in [0.25, 0.3) is 5.57 Å². The van der Waals surface area contributed by atoms with E-state index in [0.717, 1.165) is 16.7 Å². The van der Waals surface area contributed by atoms with Crippen LogP contribution in [0.15, 0.2) is 58.4 Å². The first kappa shape index (κ1) is 17.9. The number of thioether (sulfide) groups is 1. The number of carboxylic acids is 1. The molecule has 0 spiro atoms. The van der Waals surface area contributed by atoms with Gasteiger partial charge in [0.25, 0.3) is 11.8 Å². The van der Waals surface area contributed by atoms with Crippen molar-refractivity contribution < 1.29 is 23.9 Å². The molecule has 1 fully saturated rings. The van der Waals surface area contributed by atoms with Crippen molar-refractivity contribution in [1.29, 1.82) is 0 Å². The largest absolute Gasteiger partial charge is 0.480 e. The lowest BCUT2D eigenvalue weighted by Gasteiger charge is -2.13. The summed E-state index contributed by atoms with van der Waals surface area (Å²) in [5.74, 6) is -2.61. The number of fused-ring (bicyclic) bond motifs is 1. The third-order valence-electron chi connectivity index (χ3n) is 4.13. The van der Waals surface area contributed by atoms with Gasteiger partial charge >= 0.3 is 5.97 Å². The first-order valence-corrected chi connectivity index (χ1v) is 8.96. The van der Waals surface area contributed by atoms with E-state index >= 15 is 0 Å². The molecule has 0 aromatic heterocycles. The number of carbonyl (C=O) groups excluding carboxylic acids is 2. The van der Waals surface area contributed by atoms with Gasteiger partial charge in [0.05, 0.1) is 21.9 Å². The minimum absolute atomic E-state index is 0.142. The molecule has 0 atom stereocenters. The van der Waals surface area contributed by atoms with Crippen LogP contribution in [0.4, 0.5) is 15.8 Å². The zero-order chi connectivity index (χ0) is 19.8. The van der Waals surface area contributed by atoms with Crippen molar-refractivity contribution in [2.75, 3.05) is 11.4 Å². The number of amidine groups is 1. The lowest BCUT2D eigenvalue weighted by Crippen LogP contribution is -2.32. The zero-order valence-corrected chi connectivity index (χ0v) is 15.0. The first-order chi connectivity index (χ1) is 13.4. The van der Waals surface area contributed by atoms with E-state index < -0.39 is 30.1 Å². The van der Waals surface area contributed by atoms with E-state index in [0.29, 0.717) is 16.9 Å². The number of aliphatic imine (C=N–C) groups is 1. The fraction of sp³-hybridized carbons (Fsp3) is 0.0526. The summed E-state index contributed by atoms with van der Waals surface area (Å²) in [4.78, 5) is 42.0. The van der Waals surface area contributed by atoms with E-state index in [-0.39, 0.29) is 15.6 Å². The summed E-state index contributed by atoms with van der Waals surface area (Å²) in [6.45, 7) is -0.505. The van der Waals surface area contributed by atoms with Crippen molar-refractivity contribution in [2.24, 2.45) is 4.99 Å². The maximum Gasteiger partial charge on any atom is 0.323 e. The highest BCUT2D eigenvalue weighted by Crippen LogP contribution is 2.42. The average Bonchev–Trinajstić information content (AvgIpc) is 3.14. The highest BCUT2D eigenvalue weighted by molar-refractivity contribution is 8.18. The quantitative estimate of drug-likeness (QED) is 0.776. The van der Waals surface area contributed by atoms with Gasteiger partial charge in [-0.25, -0.2) is 9.38 Å². The van der Waals surface area contributed by atoms with Gasteiger partial charge in [-0.3, -0.25) is 19.3 Å². The lowest BCUT2D eigenvalue weighted by molar-refractivity contribution is -0.136. The Hall–Kier alpha value is -3.46. The Morgan fingerprint density at radius 3 is 2.57 bits per heavy atom. The molecule has 2 aromatic carbocycles. The number of rotatable bonds is 3. The molecule has 9 heteroatoms. The second-order valence-corrected chi connectivity index (χ2v) is 6.95. The van der Waals surface area contributed by atoms with Crippen LogP contribution in [-0.2, 0) is 14.4 Å². The van der Waals surface area contributed by atoms with Gasteiger partial charge in [-0.2, -0.15) is 0 Å². The van der Waals surface area contributed by atoms with E-state index in [1.165, 1.54) is 24.3 Å². The Balaban J connectivity index is 1.74. The molecule has 4 rings (SSSR count). The maximum atomic E-state index is 13.0. The standard InChI is InChI=1S/C19H12FN3O4S/c20-10-5-7-11(8-6-10)21-19-22-17(26)16(28-19)15-12-3-1-2-4-13(12)23(18(15)27)9-14(24)25/h1-8H,9H2,(H,24,25)(H,21,22,26)/b16-15-. The fourth-order valence-electron chi connectivity index (χ4n) is 2.96. The smallest absolute Gasteiger partial charge is 0.323 e. The van der Waals surface area contributed by atoms with Gasteiger partial charge in [0.2, 0.25) is 0 Å². The van der Waals surface area contributed by atoms with Crippen molar-refractivity contribution >= 4 is 51.7 Å². The second kappa shape index (κ2) is 6.93. The van der Waals surface area contributed by atoms with Crippen LogP contribution in [0, 0.1) is 5.82 Å². The van der Waals surface area contributed by atoms with Gasteiger partial charge in [-0.15, -0.1) is 0 Å². The molecular weight excluding hydrogens is 385 g/mol. The number of benzene rings is 2. The molecule has 2 amide bonds. The molecule has 0 unspecified atom stereocenters. The summed E-state index contributed by atoms with van der Waals surface area (Å²) >= 11 is 0.984. The fourth-order valence-corrected chi connectivity index (χ4v) is 3.89. The predicted octanol–water partition coefficient (Wildman–Crippen LogP) is 2.52. The van der Waals surface area contributed by atoms with Crippen molar-refractivity contribution in [3.63, 3.8) is 0 Å². The Kier molecular flexibility index (Phi) is 4.44. The molecular formula is C19H12FN3O4S. The van der Waals surface area contributed by atoms with Gasteiger partial charge in [0.1, 0.15) is 12.4 Å². The second-order valence-electron chi connectivity index (χ2n) is 5.96. The van der Waals surface area contributed by atoms with Crippen LogP contribution < -0.4 is 10.2 Å². The molecule has 0 bridgehead atoms. The van der Waals surface area contributed by atoms with Crippen LogP contribution in [0.2, 0.25) is 0 Å². The number of nitrogens with one attached hydrogen (secondary N) is 1. The molecule has 7 nitrogen and oxygen atoms in total. The van der Waals surface area contributed by atoms with E-state index in [2.05, 4.69) is 10.3 Å². The summed E-state index contributed by atoms with van der Waals surface area (Å²) in [5, 5.41) is 11.9. The Morgan fingerprint density at radius 2 is 1.86 bits per heavy atom. The van der Waals surface area contributed by atoms with E-state index in [1.807, 2.05) is 0 Å². The number of nitrogens with zero attached hydrogens (tertiary/aromatic N) is 2. The average molecular weight is 397 g/mol. The number of anilines is 1. The van der Waals surface area contributed by atoms with Crippen LogP contribution in [-0.4, -0.2) is 34.6 Å². The molecule has 2 heterocycles. The number of para-hydroxylation sites is 1. The molecule has 2 aliphatic rings. The van der Waals surface area contributed by atoms with Crippen LogP contribution >= 0.6 is 11.8 Å². The molecule has 2 N–H and O–H groups in total. The topological polar surface area (TPSA) is 99.1 Å². The Labute approximate surface area is 162 Å². The summed E-state index contributed by atoms with van der Waals surface area (Å²) < 4.78 is 13.0. The molecule has 0 aliphatic carbocycles. The van der Waals surface area contributed by atoms with Crippen molar-refractivity contribution in [3.05, 3.63) is 64.8 Å². The predicted molar refractivity (Wildman–Crippen MR) is 103 cm³/mol. The molecule has 1 saturated heterocycles. The molecule has 140 valence electrons. The Bertz CT molecular complexity index is 1080. The third-order valence-corrected chi connectivity index (χ3v) is 5.11. The van der Waals surface area contributed by atoms with E-state index in [4.69, 9.17) is 5.11 Å². The number of carbonyl (C=O) groups is 3. The van der Waals surface area contributed by atoms with Crippen molar-refractivity contribution in [3.8, 4) is 0 Å². The summed E-state index contributed by atoms with van der Waals surface area (Å²) in [6.07, 6.45) is 0. The van der Waals surface area contributed by atoms with Gasteiger partial charge in [-0.1, -0.05) is 18.2 Å². The number of hydrogen-bond acceptors (Lipinski definition) is 5. The number of halogens is 1. The highest BCUT2D eigenvalue weighted by Gasteiger charge is 2.39. The molecule has 0 radical (unpaired) electrons. The summed E-state index contributed by atoms with van der Waals surface area (Å²) in [7, 11) is 0. The summed E-state index contributed by atoms with van der Waals surface area (Å²) in [6, 6.07) is 12.1. The van der Waals surface area contributed by atoms with E-state index in [1.54, 1.807) is 24.3 Å². The minimum atomic E-state index is -1.16. The first-order valence-electron chi connectivity index (χ1n) is 8.15. The number of carboxylic acid groups (broad SMARTS) is 1. The van der Waals surface area contributed by atoms with Crippen LogP contribution in [0.5, 0.6) is 0 Å². The number of hydrogen-bond donors (Lipinski definition) is 2. The summed E-state index contributed by atoms with van der Waals surface area (Å²) in [5.41, 5.74) is 1.52. The van der Waals surface area contributed by atoms with Gasteiger partial charge in [0, 0.05) is 5.56 Å². The van der Waals surface area contributed by atoms with Gasteiger partial charge < -0.3 is 10.4 Å².